The van der Waals surface area contributed by atoms with E-state index in [-0.39, 0.29) is 11.7 Å². The first-order valence-corrected chi connectivity index (χ1v) is 8.39. The van der Waals surface area contributed by atoms with E-state index in [1.807, 2.05) is 13.8 Å². The van der Waals surface area contributed by atoms with Crippen molar-refractivity contribution >= 4 is 11.7 Å². The number of benzene rings is 2. The van der Waals surface area contributed by atoms with E-state index >= 15 is 0 Å². The number of ether oxygens (including phenoxy) is 1. The smallest absolute Gasteiger partial charge is 0.256 e. The Bertz CT molecular complexity index is 904. The van der Waals surface area contributed by atoms with Crippen LogP contribution in [-0.2, 0) is 6.54 Å². The highest BCUT2D eigenvalue weighted by molar-refractivity contribution is 6.03. The van der Waals surface area contributed by atoms with Crippen molar-refractivity contribution in [3.8, 4) is 5.75 Å². The molecule has 0 aliphatic carbocycles. The first kappa shape index (κ1) is 17.7. The average Bonchev–Trinajstić information content (AvgIpc) is 2.97. The summed E-state index contributed by atoms with van der Waals surface area (Å²) in [5.74, 6) is 0.609. The van der Waals surface area contributed by atoms with Crippen molar-refractivity contribution in [1.82, 2.24) is 9.78 Å². The van der Waals surface area contributed by atoms with Crippen LogP contribution in [-0.4, -0.2) is 22.3 Å². The summed E-state index contributed by atoms with van der Waals surface area (Å²) < 4.78 is 20.8. The second-order valence-electron chi connectivity index (χ2n) is 5.83. The first-order chi connectivity index (χ1) is 12.6. The highest BCUT2D eigenvalue weighted by Gasteiger charge is 2.11. The maximum atomic E-state index is 13.8. The monoisotopic (exact) mass is 353 g/mol. The molecule has 3 aromatic rings. The predicted molar refractivity (Wildman–Crippen MR) is 98.0 cm³/mol. The molecule has 0 saturated carbocycles. The van der Waals surface area contributed by atoms with E-state index in [2.05, 4.69) is 10.4 Å². The van der Waals surface area contributed by atoms with Gasteiger partial charge < -0.3 is 10.1 Å². The summed E-state index contributed by atoms with van der Waals surface area (Å²) in [5.41, 5.74) is 1.88. The minimum atomic E-state index is -0.276. The molecule has 1 amide bonds. The van der Waals surface area contributed by atoms with Crippen LogP contribution in [0.1, 0.15) is 28.5 Å². The maximum Gasteiger partial charge on any atom is 0.256 e. The van der Waals surface area contributed by atoms with Crippen LogP contribution < -0.4 is 10.1 Å². The summed E-state index contributed by atoms with van der Waals surface area (Å²) in [5, 5.41) is 7.12. The molecule has 134 valence electrons. The number of aromatic nitrogens is 2. The maximum absolute atomic E-state index is 13.8. The van der Waals surface area contributed by atoms with Crippen molar-refractivity contribution in [3.63, 3.8) is 0 Å². The van der Waals surface area contributed by atoms with E-state index in [0.717, 1.165) is 5.69 Å². The van der Waals surface area contributed by atoms with Gasteiger partial charge in [0.25, 0.3) is 5.91 Å². The van der Waals surface area contributed by atoms with Crippen LogP contribution in [0.3, 0.4) is 0 Å². The Balaban J connectivity index is 1.70. The van der Waals surface area contributed by atoms with Gasteiger partial charge in [0.2, 0.25) is 0 Å². The molecule has 0 saturated heterocycles. The molecule has 1 N–H and O–H groups in total. The zero-order valence-electron chi connectivity index (χ0n) is 14.7. The molecule has 1 heterocycles. The average molecular weight is 353 g/mol. The lowest BCUT2D eigenvalue weighted by Crippen LogP contribution is -2.13. The molecule has 0 radical (unpaired) electrons. The van der Waals surface area contributed by atoms with Crippen LogP contribution in [0.4, 0.5) is 10.2 Å². The summed E-state index contributed by atoms with van der Waals surface area (Å²) in [6, 6.07) is 15.2. The lowest BCUT2D eigenvalue weighted by molar-refractivity contribution is 0.102. The molecule has 0 spiro atoms. The zero-order valence-corrected chi connectivity index (χ0v) is 14.7. The van der Waals surface area contributed by atoms with Gasteiger partial charge in [-0.1, -0.05) is 18.2 Å². The zero-order chi connectivity index (χ0) is 18.5. The molecule has 0 aliphatic rings. The SMILES string of the molecule is CCOc1ccc(C(=O)Nc2cc(C)n(Cc3ccccc3F)n2)cc1. The van der Waals surface area contributed by atoms with E-state index in [1.165, 1.54) is 6.07 Å². The fourth-order valence-electron chi connectivity index (χ4n) is 2.58. The molecule has 0 bridgehead atoms. The van der Waals surface area contributed by atoms with E-state index in [0.29, 0.717) is 35.8 Å². The fraction of sp³-hybridized carbons (Fsp3) is 0.200. The van der Waals surface area contributed by atoms with Gasteiger partial charge >= 0.3 is 0 Å². The van der Waals surface area contributed by atoms with Crippen LogP contribution in [0.15, 0.2) is 54.6 Å². The van der Waals surface area contributed by atoms with Gasteiger partial charge in [-0.25, -0.2) is 4.39 Å². The molecule has 0 aliphatic heterocycles. The topological polar surface area (TPSA) is 56.1 Å². The number of nitrogens with one attached hydrogen (secondary N) is 1. The predicted octanol–water partition coefficient (Wildman–Crippen LogP) is 4.03. The van der Waals surface area contributed by atoms with Crippen LogP contribution in [0.5, 0.6) is 5.75 Å². The molecular weight excluding hydrogens is 333 g/mol. The summed E-state index contributed by atoms with van der Waals surface area (Å²) in [6.45, 7) is 4.64. The summed E-state index contributed by atoms with van der Waals surface area (Å²) in [6.07, 6.45) is 0. The normalized spacial score (nSPS) is 10.6. The number of hydrogen-bond acceptors (Lipinski definition) is 3. The van der Waals surface area contributed by atoms with Gasteiger partial charge in [-0.05, 0) is 44.2 Å². The molecule has 3 rings (SSSR count). The minimum absolute atomic E-state index is 0.261. The Kier molecular flexibility index (Phi) is 5.31. The molecule has 26 heavy (non-hydrogen) atoms. The van der Waals surface area contributed by atoms with Gasteiger partial charge in [0.05, 0.1) is 13.2 Å². The molecule has 1 aromatic heterocycles. The van der Waals surface area contributed by atoms with Gasteiger partial charge in [-0.2, -0.15) is 5.10 Å². The van der Waals surface area contributed by atoms with E-state index in [9.17, 15) is 9.18 Å². The minimum Gasteiger partial charge on any atom is -0.494 e. The number of aryl methyl sites for hydroxylation is 1. The van der Waals surface area contributed by atoms with Gasteiger partial charge in [0, 0.05) is 22.9 Å². The molecule has 0 unspecified atom stereocenters. The number of hydrogen-bond donors (Lipinski definition) is 1. The van der Waals surface area contributed by atoms with E-state index < -0.39 is 0 Å². The summed E-state index contributed by atoms with van der Waals surface area (Å²) in [4.78, 5) is 12.4. The number of halogens is 1. The number of carbonyl (C=O) groups is 1. The quantitative estimate of drug-likeness (QED) is 0.728. The van der Waals surface area contributed by atoms with Crippen LogP contribution >= 0.6 is 0 Å². The van der Waals surface area contributed by atoms with Crippen molar-refractivity contribution in [2.45, 2.75) is 20.4 Å². The largest absolute Gasteiger partial charge is 0.494 e. The third-order valence-corrected chi connectivity index (χ3v) is 3.93. The Morgan fingerprint density at radius 3 is 2.62 bits per heavy atom. The number of carbonyl (C=O) groups excluding carboxylic acids is 1. The Morgan fingerprint density at radius 1 is 1.19 bits per heavy atom. The lowest BCUT2D eigenvalue weighted by atomic mass is 10.2. The van der Waals surface area contributed by atoms with E-state index in [4.69, 9.17) is 4.74 Å². The standard InChI is InChI=1S/C20H20FN3O2/c1-3-26-17-10-8-15(9-11-17)20(25)22-19-12-14(2)24(23-19)13-16-6-4-5-7-18(16)21/h4-12H,3,13H2,1-2H3,(H,22,23,25). The Labute approximate surface area is 151 Å². The van der Waals surface area contributed by atoms with Gasteiger partial charge in [-0.3, -0.25) is 9.48 Å². The van der Waals surface area contributed by atoms with Crippen LogP contribution in [0.2, 0.25) is 0 Å². The second-order valence-corrected chi connectivity index (χ2v) is 5.83. The number of nitrogens with zero attached hydrogens (tertiary/aromatic N) is 2. The number of rotatable bonds is 6. The molecule has 2 aromatic carbocycles. The van der Waals surface area contributed by atoms with Crippen LogP contribution in [0.25, 0.3) is 0 Å². The molecule has 5 nitrogen and oxygen atoms in total. The third kappa shape index (κ3) is 4.08. The molecular formula is C20H20FN3O2. The first-order valence-electron chi connectivity index (χ1n) is 8.39. The van der Waals surface area contributed by atoms with Crippen molar-refractivity contribution in [3.05, 3.63) is 77.2 Å². The van der Waals surface area contributed by atoms with Crippen molar-refractivity contribution in [1.29, 1.82) is 0 Å². The molecule has 0 fully saturated rings. The van der Waals surface area contributed by atoms with Gasteiger partial charge in [0.15, 0.2) is 5.82 Å². The Hall–Kier alpha value is -3.15. The lowest BCUT2D eigenvalue weighted by Gasteiger charge is -2.06. The Morgan fingerprint density at radius 2 is 1.92 bits per heavy atom. The number of anilines is 1. The van der Waals surface area contributed by atoms with Gasteiger partial charge in [-0.15, -0.1) is 0 Å². The highest BCUT2D eigenvalue weighted by atomic mass is 19.1. The van der Waals surface area contributed by atoms with Crippen molar-refractivity contribution in [2.24, 2.45) is 0 Å². The van der Waals surface area contributed by atoms with Crippen molar-refractivity contribution < 1.29 is 13.9 Å². The fourth-order valence-corrected chi connectivity index (χ4v) is 2.58. The third-order valence-electron chi connectivity index (χ3n) is 3.93. The molecule has 6 heteroatoms. The van der Waals surface area contributed by atoms with E-state index in [1.54, 1.807) is 53.2 Å². The molecule has 0 atom stereocenters. The van der Waals surface area contributed by atoms with Crippen LogP contribution in [0, 0.1) is 12.7 Å². The number of amides is 1. The van der Waals surface area contributed by atoms with Crippen molar-refractivity contribution in [2.75, 3.05) is 11.9 Å². The second kappa shape index (κ2) is 7.82. The summed E-state index contributed by atoms with van der Waals surface area (Å²) in [7, 11) is 0. The highest BCUT2D eigenvalue weighted by Crippen LogP contribution is 2.16. The van der Waals surface area contributed by atoms with Gasteiger partial charge in [0.1, 0.15) is 11.6 Å². The summed E-state index contributed by atoms with van der Waals surface area (Å²) >= 11 is 0.